The van der Waals surface area contributed by atoms with Crippen LogP contribution in [0.15, 0.2) is 0 Å². The third-order valence-corrected chi connectivity index (χ3v) is 2.78. The second-order valence-electron chi connectivity index (χ2n) is 3.61. The van der Waals surface area contributed by atoms with Gasteiger partial charge in [0.1, 0.15) is 6.04 Å². The molecule has 0 heterocycles. The molecule has 2 N–H and O–H groups in total. The Hall–Kier alpha value is -0.660. The highest BCUT2D eigenvalue weighted by Crippen LogP contribution is 1.92. The van der Waals surface area contributed by atoms with Crippen molar-refractivity contribution < 1.29 is 17.9 Å². The Labute approximate surface area is 90.6 Å². The van der Waals surface area contributed by atoms with Crippen LogP contribution in [0, 0.1) is 5.92 Å². The van der Waals surface area contributed by atoms with Crippen molar-refractivity contribution in [3.05, 3.63) is 0 Å². The third kappa shape index (κ3) is 6.43. The molecule has 0 saturated carbocycles. The van der Waals surface area contributed by atoms with E-state index in [1.54, 1.807) is 0 Å². The van der Waals surface area contributed by atoms with E-state index in [-0.39, 0.29) is 5.92 Å². The maximum Gasteiger partial charge on any atom is 0.323 e. The quantitative estimate of drug-likeness (QED) is 0.618. The Bertz CT molecular complexity index is 300. The van der Waals surface area contributed by atoms with E-state index in [9.17, 15) is 13.2 Å². The summed E-state index contributed by atoms with van der Waals surface area (Å²) < 4.78 is 31.5. The van der Waals surface area contributed by atoms with Gasteiger partial charge in [-0.1, -0.05) is 13.8 Å². The number of nitrogens with one attached hydrogen (secondary N) is 2. The van der Waals surface area contributed by atoms with Gasteiger partial charge in [0.25, 0.3) is 10.2 Å². The zero-order valence-electron chi connectivity index (χ0n) is 9.40. The van der Waals surface area contributed by atoms with Gasteiger partial charge in [-0.05, 0) is 12.8 Å². The molecule has 0 spiro atoms. The summed E-state index contributed by atoms with van der Waals surface area (Å²) in [6.07, 6.45) is 0. The van der Waals surface area contributed by atoms with E-state index in [1.165, 1.54) is 14.0 Å². The number of ether oxygens (including phenoxy) is 1. The van der Waals surface area contributed by atoms with Crippen molar-refractivity contribution in [3.8, 4) is 0 Å². The van der Waals surface area contributed by atoms with Gasteiger partial charge in [0.2, 0.25) is 0 Å². The molecular formula is C8H18N2O4S. The number of hydrogen-bond acceptors (Lipinski definition) is 4. The predicted molar refractivity (Wildman–Crippen MR) is 56.4 cm³/mol. The number of esters is 1. The molecule has 0 fully saturated rings. The molecule has 6 nitrogen and oxygen atoms in total. The maximum atomic E-state index is 11.3. The van der Waals surface area contributed by atoms with Gasteiger partial charge >= 0.3 is 5.97 Å². The molecule has 0 aromatic rings. The van der Waals surface area contributed by atoms with Crippen molar-refractivity contribution in [1.29, 1.82) is 0 Å². The zero-order valence-corrected chi connectivity index (χ0v) is 10.2. The van der Waals surface area contributed by atoms with E-state index < -0.39 is 22.2 Å². The molecule has 0 rings (SSSR count). The van der Waals surface area contributed by atoms with E-state index in [1.807, 2.05) is 13.8 Å². The van der Waals surface area contributed by atoms with Crippen molar-refractivity contribution in [3.63, 3.8) is 0 Å². The Morgan fingerprint density at radius 2 is 1.87 bits per heavy atom. The fraction of sp³-hybridized carbons (Fsp3) is 0.875. The number of carbonyl (C=O) groups is 1. The van der Waals surface area contributed by atoms with E-state index in [4.69, 9.17) is 0 Å². The Kier molecular flexibility index (Phi) is 5.77. The molecule has 1 atom stereocenters. The Morgan fingerprint density at radius 1 is 1.33 bits per heavy atom. The molecule has 15 heavy (non-hydrogen) atoms. The van der Waals surface area contributed by atoms with Crippen LogP contribution in [0.4, 0.5) is 0 Å². The highest BCUT2D eigenvalue weighted by molar-refractivity contribution is 7.87. The first-order valence-corrected chi connectivity index (χ1v) is 6.11. The summed E-state index contributed by atoms with van der Waals surface area (Å²) in [6, 6.07) is -0.889. The second-order valence-corrected chi connectivity index (χ2v) is 5.14. The van der Waals surface area contributed by atoms with E-state index in [0.29, 0.717) is 6.54 Å². The largest absolute Gasteiger partial charge is 0.468 e. The maximum absolute atomic E-state index is 11.3. The highest BCUT2D eigenvalue weighted by atomic mass is 32.2. The van der Waals surface area contributed by atoms with Crippen LogP contribution < -0.4 is 9.44 Å². The molecule has 0 aliphatic carbocycles. The van der Waals surface area contributed by atoms with Gasteiger partial charge in [-0.3, -0.25) is 4.79 Å². The molecular weight excluding hydrogens is 220 g/mol. The molecule has 0 saturated heterocycles. The molecule has 7 heteroatoms. The minimum Gasteiger partial charge on any atom is -0.468 e. The molecule has 1 unspecified atom stereocenters. The average molecular weight is 238 g/mol. The van der Waals surface area contributed by atoms with Crippen molar-refractivity contribution in [2.45, 2.75) is 26.8 Å². The van der Waals surface area contributed by atoms with Gasteiger partial charge in [0.05, 0.1) is 7.11 Å². The molecule has 0 aromatic carbocycles. The minimum atomic E-state index is -3.63. The fourth-order valence-electron chi connectivity index (χ4n) is 0.776. The monoisotopic (exact) mass is 238 g/mol. The SMILES string of the molecule is COC(=O)C(C)NS(=O)(=O)NCC(C)C. The number of methoxy groups -OCH3 is 1. The summed E-state index contributed by atoms with van der Waals surface area (Å²) in [5, 5.41) is 0. The van der Waals surface area contributed by atoms with Crippen LogP contribution in [0.5, 0.6) is 0 Å². The molecule has 0 aliphatic heterocycles. The summed E-state index contributed by atoms with van der Waals surface area (Å²) >= 11 is 0. The summed E-state index contributed by atoms with van der Waals surface area (Å²) in [5.74, 6) is -0.417. The molecule has 90 valence electrons. The average Bonchev–Trinajstić information content (AvgIpc) is 2.13. The van der Waals surface area contributed by atoms with Crippen molar-refractivity contribution in [2.24, 2.45) is 5.92 Å². The summed E-state index contributed by atoms with van der Waals surface area (Å²) in [7, 11) is -2.43. The van der Waals surface area contributed by atoms with Crippen LogP contribution in [0.3, 0.4) is 0 Å². The van der Waals surface area contributed by atoms with Gasteiger partial charge in [-0.2, -0.15) is 13.1 Å². The topological polar surface area (TPSA) is 84.5 Å². The van der Waals surface area contributed by atoms with Crippen LogP contribution in [0.1, 0.15) is 20.8 Å². The van der Waals surface area contributed by atoms with Gasteiger partial charge < -0.3 is 4.74 Å². The smallest absolute Gasteiger partial charge is 0.323 e. The first-order chi connectivity index (χ1) is 6.78. The normalized spacial score (nSPS) is 13.9. The summed E-state index contributed by atoms with van der Waals surface area (Å²) in [6.45, 7) is 5.50. The fourth-order valence-corrected chi connectivity index (χ4v) is 1.97. The minimum absolute atomic E-state index is 0.204. The van der Waals surface area contributed by atoms with Crippen LogP contribution in [-0.2, 0) is 19.7 Å². The second kappa shape index (κ2) is 6.04. The van der Waals surface area contributed by atoms with Gasteiger partial charge in [0, 0.05) is 6.54 Å². The molecule has 0 aliphatic rings. The standard InChI is InChI=1S/C8H18N2O4S/c1-6(2)5-9-15(12,13)10-7(3)8(11)14-4/h6-7,9-10H,5H2,1-4H3. The highest BCUT2D eigenvalue weighted by Gasteiger charge is 2.20. The van der Waals surface area contributed by atoms with Gasteiger partial charge in [-0.25, -0.2) is 4.72 Å². The summed E-state index contributed by atoms with van der Waals surface area (Å²) in [5.41, 5.74) is 0. The van der Waals surface area contributed by atoms with E-state index in [2.05, 4.69) is 14.2 Å². The Balaban J connectivity index is 4.20. The molecule has 0 radical (unpaired) electrons. The zero-order chi connectivity index (χ0) is 12.1. The van der Waals surface area contributed by atoms with Gasteiger partial charge in [0.15, 0.2) is 0 Å². The molecule has 0 aromatic heterocycles. The van der Waals surface area contributed by atoms with Crippen molar-refractivity contribution >= 4 is 16.2 Å². The van der Waals surface area contributed by atoms with Crippen LogP contribution >= 0.6 is 0 Å². The lowest BCUT2D eigenvalue weighted by molar-refractivity contribution is -0.142. The number of carbonyl (C=O) groups excluding carboxylic acids is 1. The van der Waals surface area contributed by atoms with Crippen LogP contribution in [0.25, 0.3) is 0 Å². The van der Waals surface area contributed by atoms with E-state index >= 15 is 0 Å². The van der Waals surface area contributed by atoms with Crippen molar-refractivity contribution in [1.82, 2.24) is 9.44 Å². The molecule has 0 amide bonds. The van der Waals surface area contributed by atoms with Crippen molar-refractivity contribution in [2.75, 3.05) is 13.7 Å². The Morgan fingerprint density at radius 3 is 2.27 bits per heavy atom. The van der Waals surface area contributed by atoms with Crippen LogP contribution in [0.2, 0.25) is 0 Å². The molecule has 0 bridgehead atoms. The predicted octanol–water partition coefficient (Wildman–Crippen LogP) is -0.372. The summed E-state index contributed by atoms with van der Waals surface area (Å²) in [4.78, 5) is 11.0. The van der Waals surface area contributed by atoms with Crippen LogP contribution in [-0.4, -0.2) is 34.1 Å². The first-order valence-electron chi connectivity index (χ1n) is 4.63. The lowest BCUT2D eigenvalue weighted by atomic mass is 10.2. The number of rotatable bonds is 6. The van der Waals surface area contributed by atoms with Gasteiger partial charge in [-0.15, -0.1) is 0 Å². The lowest BCUT2D eigenvalue weighted by Crippen LogP contribution is -2.46. The third-order valence-electron chi connectivity index (χ3n) is 1.57. The lowest BCUT2D eigenvalue weighted by Gasteiger charge is -2.13. The van der Waals surface area contributed by atoms with E-state index in [0.717, 1.165) is 0 Å². The number of hydrogen-bond donors (Lipinski definition) is 2. The first kappa shape index (κ1) is 14.3.